The zero-order valence-electron chi connectivity index (χ0n) is 9.71. The first-order valence-electron chi connectivity index (χ1n) is 5.53. The van der Waals surface area contributed by atoms with Crippen molar-refractivity contribution in [3.8, 4) is 11.5 Å². The second-order valence-corrected chi connectivity index (χ2v) is 6.18. The van der Waals surface area contributed by atoms with E-state index in [1.807, 2.05) is 22.8 Å². The average molecular weight is 353 g/mol. The lowest BCUT2D eigenvalue weighted by atomic mass is 10.3. The van der Waals surface area contributed by atoms with Crippen molar-refractivity contribution in [1.29, 1.82) is 0 Å². The molecule has 0 aromatic carbocycles. The van der Waals surface area contributed by atoms with Crippen LogP contribution in [-0.4, -0.2) is 19.7 Å². The van der Waals surface area contributed by atoms with Crippen molar-refractivity contribution in [3.05, 3.63) is 50.0 Å². The summed E-state index contributed by atoms with van der Waals surface area (Å²) < 4.78 is 3.64. The molecule has 4 nitrogen and oxygen atoms in total. The quantitative estimate of drug-likeness (QED) is 0.727. The Hall–Kier alpha value is -1.31. The van der Waals surface area contributed by atoms with E-state index in [4.69, 9.17) is 12.2 Å². The van der Waals surface area contributed by atoms with Crippen molar-refractivity contribution in [1.82, 2.24) is 19.7 Å². The number of aromatic nitrogens is 4. The third-order valence-corrected chi connectivity index (χ3v) is 4.58. The summed E-state index contributed by atoms with van der Waals surface area (Å²) in [5, 5.41) is 9.15. The average Bonchev–Trinajstić information content (AvgIpc) is 2.99. The fourth-order valence-corrected chi connectivity index (χ4v) is 3.38. The summed E-state index contributed by atoms with van der Waals surface area (Å²) in [6.45, 7) is 0.692. The first-order valence-corrected chi connectivity index (χ1v) is 7.61. The summed E-state index contributed by atoms with van der Waals surface area (Å²) >= 11 is 10.4. The Bertz CT molecular complexity index is 744. The molecule has 0 aliphatic carbocycles. The van der Waals surface area contributed by atoms with E-state index in [9.17, 15) is 0 Å². The summed E-state index contributed by atoms with van der Waals surface area (Å²) in [5.41, 5.74) is 0.811. The third-order valence-electron chi connectivity index (χ3n) is 2.59. The number of H-pyrrole nitrogens is 1. The lowest BCUT2D eigenvalue weighted by molar-refractivity contribution is 0.799. The van der Waals surface area contributed by atoms with E-state index in [1.54, 1.807) is 17.5 Å². The summed E-state index contributed by atoms with van der Waals surface area (Å²) in [5.74, 6) is 0.759. The maximum absolute atomic E-state index is 5.29. The minimum atomic E-state index is 0.602. The number of nitrogens with one attached hydrogen (secondary N) is 1. The van der Waals surface area contributed by atoms with Crippen molar-refractivity contribution >= 4 is 39.5 Å². The Morgan fingerprint density at radius 1 is 1.42 bits per heavy atom. The lowest BCUT2D eigenvalue weighted by Crippen LogP contribution is -2.01. The summed E-state index contributed by atoms with van der Waals surface area (Å²) in [4.78, 5) is 5.52. The molecule has 0 bridgehead atoms. The molecule has 0 spiro atoms. The number of pyridine rings is 1. The van der Waals surface area contributed by atoms with Gasteiger partial charge < -0.3 is 0 Å². The van der Waals surface area contributed by atoms with Crippen LogP contribution in [0.25, 0.3) is 11.5 Å². The zero-order chi connectivity index (χ0) is 13.2. The normalized spacial score (nSPS) is 10.8. The van der Waals surface area contributed by atoms with E-state index < -0.39 is 0 Å². The molecule has 3 aromatic heterocycles. The topological polar surface area (TPSA) is 46.5 Å². The van der Waals surface area contributed by atoms with Crippen molar-refractivity contribution in [2.75, 3.05) is 0 Å². The molecule has 0 amide bonds. The third kappa shape index (κ3) is 2.68. The van der Waals surface area contributed by atoms with Crippen LogP contribution >= 0.6 is 39.5 Å². The van der Waals surface area contributed by atoms with Crippen LogP contribution in [0.5, 0.6) is 0 Å². The minimum absolute atomic E-state index is 0.602. The minimum Gasteiger partial charge on any atom is -0.294 e. The van der Waals surface area contributed by atoms with Crippen molar-refractivity contribution < 1.29 is 0 Å². The van der Waals surface area contributed by atoms with Crippen LogP contribution in [0.2, 0.25) is 0 Å². The van der Waals surface area contributed by atoms with Gasteiger partial charge in [0, 0.05) is 20.9 Å². The first-order chi connectivity index (χ1) is 9.24. The second kappa shape index (κ2) is 5.36. The molecule has 0 aliphatic rings. The predicted octanol–water partition coefficient (Wildman–Crippen LogP) is 3.87. The van der Waals surface area contributed by atoms with Crippen molar-refractivity contribution in [3.63, 3.8) is 0 Å². The molecular formula is C12H9BrN4S2. The number of thiophene rings is 1. The molecule has 0 radical (unpaired) electrons. The van der Waals surface area contributed by atoms with E-state index in [1.165, 1.54) is 4.88 Å². The molecule has 0 unspecified atom stereocenters. The van der Waals surface area contributed by atoms with Gasteiger partial charge >= 0.3 is 0 Å². The molecule has 19 heavy (non-hydrogen) atoms. The van der Waals surface area contributed by atoms with E-state index in [0.29, 0.717) is 11.3 Å². The van der Waals surface area contributed by atoms with Crippen LogP contribution < -0.4 is 0 Å². The van der Waals surface area contributed by atoms with Crippen LogP contribution in [0, 0.1) is 4.77 Å². The molecule has 0 aliphatic heterocycles. The van der Waals surface area contributed by atoms with Crippen LogP contribution in [0.4, 0.5) is 0 Å². The standard InChI is InChI=1S/C12H9BrN4S2/c13-8-5-9(19-7-8)6-17-11(15-16-12(17)18)10-3-1-2-4-14-10/h1-5,7H,6H2,(H,16,18). The lowest BCUT2D eigenvalue weighted by Gasteiger charge is -2.04. The summed E-state index contributed by atoms with van der Waals surface area (Å²) in [6.07, 6.45) is 1.75. The van der Waals surface area contributed by atoms with Gasteiger partial charge in [-0.3, -0.25) is 14.6 Å². The molecule has 0 atom stereocenters. The van der Waals surface area contributed by atoms with Gasteiger partial charge in [0.1, 0.15) is 5.69 Å². The van der Waals surface area contributed by atoms with Crippen molar-refractivity contribution in [2.24, 2.45) is 0 Å². The van der Waals surface area contributed by atoms with E-state index in [2.05, 4.69) is 42.6 Å². The Morgan fingerprint density at radius 2 is 2.32 bits per heavy atom. The Morgan fingerprint density at radius 3 is 3.00 bits per heavy atom. The smallest absolute Gasteiger partial charge is 0.195 e. The molecule has 0 saturated heterocycles. The Labute approximate surface area is 127 Å². The fraction of sp³-hybridized carbons (Fsp3) is 0.0833. The van der Waals surface area contributed by atoms with Gasteiger partial charge in [-0.25, -0.2) is 0 Å². The highest BCUT2D eigenvalue weighted by Crippen LogP contribution is 2.22. The molecule has 96 valence electrons. The van der Waals surface area contributed by atoms with Gasteiger partial charge in [-0.05, 0) is 46.3 Å². The van der Waals surface area contributed by atoms with Gasteiger partial charge in [0.25, 0.3) is 0 Å². The summed E-state index contributed by atoms with van der Waals surface area (Å²) in [7, 11) is 0. The fourth-order valence-electron chi connectivity index (χ4n) is 1.75. The monoisotopic (exact) mass is 352 g/mol. The molecule has 3 rings (SSSR count). The number of rotatable bonds is 3. The molecule has 3 aromatic rings. The van der Waals surface area contributed by atoms with Crippen LogP contribution in [0.1, 0.15) is 4.88 Å². The molecule has 1 N–H and O–H groups in total. The maximum Gasteiger partial charge on any atom is 0.195 e. The summed E-state index contributed by atoms with van der Waals surface area (Å²) in [6, 6.07) is 7.82. The first kappa shape index (κ1) is 12.7. The van der Waals surface area contributed by atoms with Gasteiger partial charge in [0.15, 0.2) is 10.6 Å². The zero-order valence-corrected chi connectivity index (χ0v) is 12.9. The number of nitrogens with zero attached hydrogens (tertiary/aromatic N) is 3. The van der Waals surface area contributed by atoms with Crippen molar-refractivity contribution in [2.45, 2.75) is 6.54 Å². The molecular weight excluding hydrogens is 344 g/mol. The van der Waals surface area contributed by atoms with Crippen LogP contribution in [0.3, 0.4) is 0 Å². The van der Waals surface area contributed by atoms with Crippen LogP contribution in [0.15, 0.2) is 40.3 Å². The number of hydrogen-bond donors (Lipinski definition) is 1. The van der Waals surface area contributed by atoms with Gasteiger partial charge in [-0.1, -0.05) is 6.07 Å². The highest BCUT2D eigenvalue weighted by atomic mass is 79.9. The second-order valence-electron chi connectivity index (χ2n) is 3.88. The van der Waals surface area contributed by atoms with Gasteiger partial charge in [0.2, 0.25) is 0 Å². The highest BCUT2D eigenvalue weighted by molar-refractivity contribution is 9.10. The molecule has 0 saturated carbocycles. The number of hydrogen-bond acceptors (Lipinski definition) is 4. The largest absolute Gasteiger partial charge is 0.294 e. The highest BCUT2D eigenvalue weighted by Gasteiger charge is 2.10. The van der Waals surface area contributed by atoms with E-state index >= 15 is 0 Å². The Balaban J connectivity index is 2.02. The van der Waals surface area contributed by atoms with E-state index in [0.717, 1.165) is 16.0 Å². The Kier molecular flexibility index (Phi) is 3.58. The molecule has 0 fully saturated rings. The molecule has 3 heterocycles. The maximum atomic E-state index is 5.29. The SMILES string of the molecule is S=c1[nH]nc(-c2ccccn2)n1Cc1cc(Br)cs1. The van der Waals surface area contributed by atoms with Gasteiger partial charge in [-0.15, -0.1) is 11.3 Å². The van der Waals surface area contributed by atoms with Gasteiger partial charge in [0.05, 0.1) is 6.54 Å². The predicted molar refractivity (Wildman–Crippen MR) is 81.8 cm³/mol. The number of halogens is 1. The van der Waals surface area contributed by atoms with E-state index in [-0.39, 0.29) is 0 Å². The van der Waals surface area contributed by atoms with Gasteiger partial charge in [-0.2, -0.15) is 5.10 Å². The molecule has 7 heteroatoms. The number of aromatic amines is 1. The van der Waals surface area contributed by atoms with Crippen LogP contribution in [-0.2, 0) is 6.54 Å².